The number of alkyl halides is 3. The summed E-state index contributed by atoms with van der Waals surface area (Å²) in [5, 5.41) is 11.9. The summed E-state index contributed by atoms with van der Waals surface area (Å²) in [5.41, 5.74) is -1.83. The quantitative estimate of drug-likeness (QED) is 0.869. The molecule has 0 saturated carbocycles. The second kappa shape index (κ2) is 7.70. The first kappa shape index (κ1) is 20.7. The van der Waals surface area contributed by atoms with Crippen molar-refractivity contribution in [2.24, 2.45) is 0 Å². The van der Waals surface area contributed by atoms with Crippen LogP contribution in [0.2, 0.25) is 0 Å². The van der Waals surface area contributed by atoms with Crippen LogP contribution in [-0.2, 0) is 16.2 Å². The van der Waals surface area contributed by atoms with E-state index in [2.05, 4.69) is 5.32 Å². The molecule has 2 rings (SSSR count). The molecular formula is C14H17ClF3N3O2S. The van der Waals surface area contributed by atoms with Crippen LogP contribution in [-0.4, -0.2) is 38.9 Å². The maximum atomic E-state index is 13.0. The predicted molar refractivity (Wildman–Crippen MR) is 84.2 cm³/mol. The van der Waals surface area contributed by atoms with Crippen LogP contribution >= 0.6 is 12.4 Å². The lowest BCUT2D eigenvalue weighted by atomic mass is 10.1. The Morgan fingerprint density at radius 3 is 2.38 bits per heavy atom. The predicted octanol–water partition coefficient (Wildman–Crippen LogP) is 2.37. The number of nitrogens with zero attached hydrogens (tertiary/aromatic N) is 2. The zero-order chi connectivity index (χ0) is 17.3. The molecule has 134 valence electrons. The Bertz CT molecular complexity index is 726. The lowest BCUT2D eigenvalue weighted by molar-refractivity contribution is -0.137. The zero-order valence-electron chi connectivity index (χ0n) is 12.8. The van der Waals surface area contributed by atoms with Crippen molar-refractivity contribution >= 4 is 22.4 Å². The van der Waals surface area contributed by atoms with Gasteiger partial charge in [0.05, 0.1) is 22.1 Å². The van der Waals surface area contributed by atoms with Gasteiger partial charge in [-0.2, -0.15) is 22.7 Å². The number of hydrogen-bond donors (Lipinski definition) is 1. The third-order valence-electron chi connectivity index (χ3n) is 3.92. The molecule has 0 aliphatic carbocycles. The summed E-state index contributed by atoms with van der Waals surface area (Å²) in [6.45, 7) is 1.32. The Hall–Kier alpha value is -1.34. The van der Waals surface area contributed by atoms with Gasteiger partial charge >= 0.3 is 6.18 Å². The van der Waals surface area contributed by atoms with Gasteiger partial charge in [-0.25, -0.2) is 8.42 Å². The number of nitrogens with one attached hydrogen (secondary N) is 1. The van der Waals surface area contributed by atoms with Crippen LogP contribution in [0.4, 0.5) is 13.2 Å². The van der Waals surface area contributed by atoms with Crippen LogP contribution in [0, 0.1) is 11.3 Å². The SMILES string of the molecule is CN(C1CCNCC1)S(=O)(=O)c1ccc(C#N)c(C(F)(F)F)c1.Cl. The fourth-order valence-corrected chi connectivity index (χ4v) is 3.99. The van der Waals surface area contributed by atoms with Crippen molar-refractivity contribution in [3.63, 3.8) is 0 Å². The van der Waals surface area contributed by atoms with E-state index in [0.717, 1.165) is 16.4 Å². The van der Waals surface area contributed by atoms with E-state index in [-0.39, 0.29) is 18.4 Å². The van der Waals surface area contributed by atoms with Crippen LogP contribution in [0.15, 0.2) is 23.1 Å². The van der Waals surface area contributed by atoms with Gasteiger partial charge in [-0.1, -0.05) is 0 Å². The topological polar surface area (TPSA) is 73.2 Å². The highest BCUT2D eigenvalue weighted by molar-refractivity contribution is 7.89. The average molecular weight is 384 g/mol. The van der Waals surface area contributed by atoms with E-state index in [1.165, 1.54) is 13.1 Å². The van der Waals surface area contributed by atoms with E-state index < -0.39 is 32.2 Å². The minimum Gasteiger partial charge on any atom is -0.317 e. The second-order valence-electron chi connectivity index (χ2n) is 5.32. The summed E-state index contributed by atoms with van der Waals surface area (Å²) in [4.78, 5) is -0.454. The van der Waals surface area contributed by atoms with Gasteiger partial charge in [0.25, 0.3) is 0 Å². The highest BCUT2D eigenvalue weighted by Gasteiger charge is 2.36. The van der Waals surface area contributed by atoms with Gasteiger partial charge < -0.3 is 5.32 Å². The molecule has 0 spiro atoms. The maximum absolute atomic E-state index is 13.0. The summed E-state index contributed by atoms with van der Waals surface area (Å²) in [7, 11) is -2.68. The van der Waals surface area contributed by atoms with Crippen molar-refractivity contribution in [1.82, 2.24) is 9.62 Å². The molecule has 1 fully saturated rings. The lowest BCUT2D eigenvalue weighted by Gasteiger charge is -2.31. The fraction of sp³-hybridized carbons (Fsp3) is 0.500. The van der Waals surface area contributed by atoms with E-state index in [1.807, 2.05) is 0 Å². The summed E-state index contributed by atoms with van der Waals surface area (Å²) in [6, 6.07) is 3.65. The minimum atomic E-state index is -4.79. The van der Waals surface area contributed by atoms with Gasteiger partial charge in [0.2, 0.25) is 10.0 Å². The summed E-state index contributed by atoms with van der Waals surface area (Å²) < 4.78 is 65.2. The molecule has 1 N–H and O–H groups in total. The molecule has 0 radical (unpaired) electrons. The van der Waals surface area contributed by atoms with Crippen LogP contribution in [0.1, 0.15) is 24.0 Å². The number of piperidine rings is 1. The molecule has 1 aliphatic rings. The van der Waals surface area contributed by atoms with Crippen molar-refractivity contribution in [2.75, 3.05) is 20.1 Å². The Kier molecular flexibility index (Phi) is 6.64. The van der Waals surface area contributed by atoms with Crippen molar-refractivity contribution in [1.29, 1.82) is 5.26 Å². The number of rotatable bonds is 3. The van der Waals surface area contributed by atoms with Crippen LogP contribution in [0.25, 0.3) is 0 Å². The third kappa shape index (κ3) is 4.19. The smallest absolute Gasteiger partial charge is 0.317 e. The number of benzene rings is 1. The lowest BCUT2D eigenvalue weighted by Crippen LogP contribution is -2.43. The molecule has 0 unspecified atom stereocenters. The molecule has 1 aromatic carbocycles. The second-order valence-corrected chi connectivity index (χ2v) is 7.32. The van der Waals surface area contributed by atoms with Crippen molar-refractivity contribution in [2.45, 2.75) is 30.0 Å². The van der Waals surface area contributed by atoms with E-state index >= 15 is 0 Å². The highest BCUT2D eigenvalue weighted by Crippen LogP contribution is 2.34. The Morgan fingerprint density at radius 2 is 1.88 bits per heavy atom. The average Bonchev–Trinajstić information content (AvgIpc) is 2.53. The first-order chi connectivity index (χ1) is 10.7. The molecule has 1 aliphatic heterocycles. The summed E-state index contributed by atoms with van der Waals surface area (Å²) in [5.74, 6) is 0. The number of halogens is 4. The van der Waals surface area contributed by atoms with Gasteiger partial charge in [-0.05, 0) is 44.1 Å². The van der Waals surface area contributed by atoms with Gasteiger partial charge in [-0.3, -0.25) is 0 Å². The van der Waals surface area contributed by atoms with Crippen molar-refractivity contribution in [3.8, 4) is 6.07 Å². The zero-order valence-corrected chi connectivity index (χ0v) is 14.4. The molecule has 0 bridgehead atoms. The number of hydrogen-bond acceptors (Lipinski definition) is 4. The van der Waals surface area contributed by atoms with E-state index in [0.29, 0.717) is 32.0 Å². The highest BCUT2D eigenvalue weighted by atomic mass is 35.5. The number of nitriles is 1. The van der Waals surface area contributed by atoms with E-state index in [9.17, 15) is 21.6 Å². The Labute approximate surface area is 144 Å². The largest absolute Gasteiger partial charge is 0.417 e. The van der Waals surface area contributed by atoms with Crippen LogP contribution in [0.5, 0.6) is 0 Å². The monoisotopic (exact) mass is 383 g/mol. The number of sulfonamides is 1. The third-order valence-corrected chi connectivity index (χ3v) is 5.82. The van der Waals surface area contributed by atoms with Gasteiger partial charge in [0.1, 0.15) is 0 Å². The van der Waals surface area contributed by atoms with Gasteiger partial charge in [0.15, 0.2) is 0 Å². The molecule has 5 nitrogen and oxygen atoms in total. The summed E-state index contributed by atoms with van der Waals surface area (Å²) in [6.07, 6.45) is -3.60. The maximum Gasteiger partial charge on any atom is 0.417 e. The van der Waals surface area contributed by atoms with Gasteiger partial charge in [0, 0.05) is 13.1 Å². The van der Waals surface area contributed by atoms with Crippen LogP contribution < -0.4 is 5.32 Å². The molecule has 0 amide bonds. The van der Waals surface area contributed by atoms with Gasteiger partial charge in [-0.15, -0.1) is 12.4 Å². The molecule has 1 saturated heterocycles. The van der Waals surface area contributed by atoms with Crippen LogP contribution in [0.3, 0.4) is 0 Å². The first-order valence-corrected chi connectivity index (χ1v) is 8.42. The van der Waals surface area contributed by atoms with E-state index in [4.69, 9.17) is 5.26 Å². The van der Waals surface area contributed by atoms with E-state index in [1.54, 1.807) is 0 Å². The fourth-order valence-electron chi connectivity index (χ4n) is 2.55. The summed E-state index contributed by atoms with van der Waals surface area (Å²) >= 11 is 0. The molecule has 1 heterocycles. The minimum absolute atomic E-state index is 0. The molecule has 0 atom stereocenters. The first-order valence-electron chi connectivity index (χ1n) is 6.98. The normalized spacial score (nSPS) is 16.5. The molecule has 1 aromatic rings. The standard InChI is InChI=1S/C14H16F3N3O2S.ClH/c1-20(11-4-6-19-7-5-11)23(21,22)12-3-2-10(9-18)13(8-12)14(15,16)17;/h2-3,8,11,19H,4-7H2,1H3;1H. The van der Waals surface area contributed by atoms with Crippen molar-refractivity contribution in [3.05, 3.63) is 29.3 Å². The molecular weight excluding hydrogens is 367 g/mol. The molecule has 10 heteroatoms. The molecule has 0 aromatic heterocycles. The Balaban J connectivity index is 0.00000288. The molecule has 24 heavy (non-hydrogen) atoms. The Morgan fingerprint density at radius 1 is 1.29 bits per heavy atom. The van der Waals surface area contributed by atoms with Crippen molar-refractivity contribution < 1.29 is 21.6 Å².